The largest absolute Gasteiger partial charge is 0.387 e. The summed E-state index contributed by atoms with van der Waals surface area (Å²) in [5, 5.41) is 10.6. The van der Waals surface area contributed by atoms with Crippen molar-refractivity contribution in [3.05, 3.63) is 0 Å². The standard InChI is InChI=1S/C21H43N3O2/c1-19(2)23-11-8-21(25,9-12-23)18-26-17-7-5-6-10-22-13-15-24(16-14-22)20(3)4/h19-20,25H,5-18H2,1-4H3. The third-order valence-corrected chi connectivity index (χ3v) is 6.23. The van der Waals surface area contributed by atoms with E-state index in [0.717, 1.165) is 39.0 Å². The Labute approximate surface area is 161 Å². The van der Waals surface area contributed by atoms with Gasteiger partial charge in [-0.15, -0.1) is 0 Å². The third-order valence-electron chi connectivity index (χ3n) is 6.23. The zero-order valence-corrected chi connectivity index (χ0v) is 17.8. The number of rotatable bonds is 10. The van der Waals surface area contributed by atoms with E-state index >= 15 is 0 Å². The van der Waals surface area contributed by atoms with Crippen LogP contribution in [0.15, 0.2) is 0 Å². The number of piperazine rings is 1. The smallest absolute Gasteiger partial charge is 0.0904 e. The molecule has 5 heteroatoms. The molecule has 0 aromatic carbocycles. The Hall–Kier alpha value is -0.200. The number of hydrogen-bond acceptors (Lipinski definition) is 5. The van der Waals surface area contributed by atoms with Crippen LogP contribution in [-0.4, -0.2) is 96.5 Å². The molecule has 2 heterocycles. The number of aliphatic hydroxyl groups is 1. The fourth-order valence-electron chi connectivity index (χ4n) is 4.08. The Morgan fingerprint density at radius 2 is 1.38 bits per heavy atom. The summed E-state index contributed by atoms with van der Waals surface area (Å²) in [6, 6.07) is 1.26. The maximum atomic E-state index is 10.6. The van der Waals surface area contributed by atoms with Crippen molar-refractivity contribution in [2.24, 2.45) is 0 Å². The van der Waals surface area contributed by atoms with E-state index in [1.165, 1.54) is 45.6 Å². The lowest BCUT2D eigenvalue weighted by Gasteiger charge is -2.39. The molecule has 2 saturated heterocycles. The molecule has 2 aliphatic rings. The SMILES string of the molecule is CC(C)N1CCN(CCCCCOCC2(O)CCN(C(C)C)CC2)CC1. The minimum Gasteiger partial charge on any atom is -0.387 e. The summed E-state index contributed by atoms with van der Waals surface area (Å²) in [6.07, 6.45) is 5.28. The summed E-state index contributed by atoms with van der Waals surface area (Å²) in [7, 11) is 0. The molecule has 2 aliphatic heterocycles. The van der Waals surface area contributed by atoms with Gasteiger partial charge in [-0.2, -0.15) is 0 Å². The Balaban J connectivity index is 1.45. The van der Waals surface area contributed by atoms with Gasteiger partial charge in [-0.3, -0.25) is 4.90 Å². The molecular formula is C21H43N3O2. The van der Waals surface area contributed by atoms with E-state index in [1.54, 1.807) is 0 Å². The molecule has 0 spiro atoms. The van der Waals surface area contributed by atoms with Crippen LogP contribution >= 0.6 is 0 Å². The van der Waals surface area contributed by atoms with Gasteiger partial charge in [0.25, 0.3) is 0 Å². The number of hydrogen-bond donors (Lipinski definition) is 1. The number of unbranched alkanes of at least 4 members (excludes halogenated alkanes) is 2. The first-order valence-corrected chi connectivity index (χ1v) is 10.9. The van der Waals surface area contributed by atoms with E-state index in [4.69, 9.17) is 4.74 Å². The zero-order valence-electron chi connectivity index (χ0n) is 17.8. The Bertz CT molecular complexity index is 373. The van der Waals surface area contributed by atoms with Gasteiger partial charge in [-0.1, -0.05) is 0 Å². The van der Waals surface area contributed by atoms with Crippen molar-refractivity contribution in [2.75, 3.05) is 59.0 Å². The first-order chi connectivity index (χ1) is 12.4. The van der Waals surface area contributed by atoms with Crippen molar-refractivity contribution < 1.29 is 9.84 Å². The number of piperidine rings is 1. The highest BCUT2D eigenvalue weighted by molar-refractivity contribution is 4.86. The Morgan fingerprint density at radius 3 is 1.96 bits per heavy atom. The van der Waals surface area contributed by atoms with Gasteiger partial charge in [0.05, 0.1) is 12.2 Å². The van der Waals surface area contributed by atoms with Gasteiger partial charge in [0.15, 0.2) is 0 Å². The van der Waals surface area contributed by atoms with Crippen molar-refractivity contribution in [2.45, 2.75) is 77.5 Å². The molecule has 0 atom stereocenters. The van der Waals surface area contributed by atoms with Crippen LogP contribution in [0.5, 0.6) is 0 Å². The highest BCUT2D eigenvalue weighted by Gasteiger charge is 2.33. The second-order valence-electron chi connectivity index (χ2n) is 8.94. The molecule has 0 amide bonds. The van der Waals surface area contributed by atoms with Crippen LogP contribution in [-0.2, 0) is 4.74 Å². The average Bonchev–Trinajstić information content (AvgIpc) is 2.61. The van der Waals surface area contributed by atoms with Gasteiger partial charge < -0.3 is 19.6 Å². The summed E-state index contributed by atoms with van der Waals surface area (Å²) in [5.41, 5.74) is -0.596. The van der Waals surface area contributed by atoms with Crippen molar-refractivity contribution in [3.8, 4) is 0 Å². The van der Waals surface area contributed by atoms with Crippen LogP contribution in [0.3, 0.4) is 0 Å². The van der Waals surface area contributed by atoms with Gasteiger partial charge in [0.2, 0.25) is 0 Å². The van der Waals surface area contributed by atoms with Crippen molar-refractivity contribution in [1.82, 2.24) is 14.7 Å². The van der Waals surface area contributed by atoms with Crippen molar-refractivity contribution >= 4 is 0 Å². The van der Waals surface area contributed by atoms with Crippen LogP contribution in [0.4, 0.5) is 0 Å². The Kier molecular flexibility index (Phi) is 9.31. The lowest BCUT2D eigenvalue weighted by atomic mass is 9.92. The fraction of sp³-hybridized carbons (Fsp3) is 1.00. The molecule has 2 fully saturated rings. The summed E-state index contributed by atoms with van der Waals surface area (Å²) in [5.74, 6) is 0. The van der Waals surface area contributed by atoms with Crippen LogP contribution in [0.25, 0.3) is 0 Å². The summed E-state index contributed by atoms with van der Waals surface area (Å²) in [6.45, 7) is 18.4. The van der Waals surface area contributed by atoms with Gasteiger partial charge in [0.1, 0.15) is 0 Å². The third kappa shape index (κ3) is 7.43. The molecular weight excluding hydrogens is 326 g/mol. The van der Waals surface area contributed by atoms with Gasteiger partial charge >= 0.3 is 0 Å². The van der Waals surface area contributed by atoms with E-state index in [0.29, 0.717) is 18.7 Å². The minimum absolute atomic E-state index is 0.510. The fourth-order valence-corrected chi connectivity index (χ4v) is 4.08. The van der Waals surface area contributed by atoms with E-state index in [9.17, 15) is 5.11 Å². The second kappa shape index (κ2) is 11.0. The number of nitrogens with zero attached hydrogens (tertiary/aromatic N) is 3. The molecule has 0 aliphatic carbocycles. The predicted molar refractivity (Wildman–Crippen MR) is 109 cm³/mol. The molecule has 26 heavy (non-hydrogen) atoms. The molecule has 0 unspecified atom stereocenters. The molecule has 0 bridgehead atoms. The minimum atomic E-state index is -0.596. The average molecular weight is 370 g/mol. The molecule has 0 saturated carbocycles. The number of likely N-dealkylation sites (tertiary alicyclic amines) is 1. The van der Waals surface area contributed by atoms with E-state index in [1.807, 2.05) is 0 Å². The van der Waals surface area contributed by atoms with Crippen LogP contribution < -0.4 is 0 Å². The van der Waals surface area contributed by atoms with Gasteiger partial charge in [-0.25, -0.2) is 0 Å². The van der Waals surface area contributed by atoms with Crippen LogP contribution in [0.2, 0.25) is 0 Å². The first-order valence-electron chi connectivity index (χ1n) is 10.9. The monoisotopic (exact) mass is 369 g/mol. The number of ether oxygens (including phenoxy) is 1. The molecule has 2 rings (SSSR count). The lowest BCUT2D eigenvalue weighted by molar-refractivity contribution is -0.0852. The van der Waals surface area contributed by atoms with E-state index < -0.39 is 5.60 Å². The maximum Gasteiger partial charge on any atom is 0.0904 e. The zero-order chi connectivity index (χ0) is 19.0. The quantitative estimate of drug-likeness (QED) is 0.599. The first kappa shape index (κ1) is 22.1. The highest BCUT2D eigenvalue weighted by atomic mass is 16.5. The van der Waals surface area contributed by atoms with Crippen LogP contribution in [0.1, 0.15) is 59.8 Å². The van der Waals surface area contributed by atoms with E-state index in [2.05, 4.69) is 42.4 Å². The molecule has 0 aromatic heterocycles. The van der Waals surface area contributed by atoms with Crippen molar-refractivity contribution in [1.29, 1.82) is 0 Å². The topological polar surface area (TPSA) is 39.2 Å². The molecule has 5 nitrogen and oxygen atoms in total. The summed E-state index contributed by atoms with van der Waals surface area (Å²) in [4.78, 5) is 7.61. The molecule has 0 aromatic rings. The normalized spacial score (nSPS) is 23.2. The molecule has 1 N–H and O–H groups in total. The molecule has 154 valence electrons. The van der Waals surface area contributed by atoms with Crippen LogP contribution in [0, 0.1) is 0 Å². The van der Waals surface area contributed by atoms with E-state index in [-0.39, 0.29) is 0 Å². The van der Waals surface area contributed by atoms with Gasteiger partial charge in [0, 0.05) is 58.0 Å². The molecule has 0 radical (unpaired) electrons. The second-order valence-corrected chi connectivity index (χ2v) is 8.94. The maximum absolute atomic E-state index is 10.6. The lowest BCUT2D eigenvalue weighted by Crippen LogP contribution is -2.49. The highest BCUT2D eigenvalue weighted by Crippen LogP contribution is 2.23. The van der Waals surface area contributed by atoms with Crippen molar-refractivity contribution in [3.63, 3.8) is 0 Å². The summed E-state index contributed by atoms with van der Waals surface area (Å²) >= 11 is 0. The predicted octanol–water partition coefficient (Wildman–Crippen LogP) is 2.43. The summed E-state index contributed by atoms with van der Waals surface area (Å²) < 4.78 is 5.82. The van der Waals surface area contributed by atoms with Gasteiger partial charge in [-0.05, 0) is 66.3 Å². The Morgan fingerprint density at radius 1 is 0.808 bits per heavy atom.